The summed E-state index contributed by atoms with van der Waals surface area (Å²) >= 11 is 7.95. The van der Waals surface area contributed by atoms with Crippen molar-refractivity contribution in [3.05, 3.63) is 91.0 Å². The highest BCUT2D eigenvalue weighted by molar-refractivity contribution is 14.1. The Labute approximate surface area is 207 Å². The summed E-state index contributed by atoms with van der Waals surface area (Å²) in [6, 6.07) is 12.2. The van der Waals surface area contributed by atoms with Crippen molar-refractivity contribution in [2.45, 2.75) is 6.92 Å². The maximum absolute atomic E-state index is 13.2. The van der Waals surface area contributed by atoms with E-state index in [0.717, 1.165) is 5.56 Å². The number of oxime groups is 1. The van der Waals surface area contributed by atoms with Gasteiger partial charge in [0.1, 0.15) is 25.7 Å². The highest BCUT2D eigenvalue weighted by Gasteiger charge is 2.19. The summed E-state index contributed by atoms with van der Waals surface area (Å²) in [4.78, 5) is 21.6. The molecule has 0 bridgehead atoms. The molecule has 4 N–H and O–H groups in total. The predicted octanol–water partition coefficient (Wildman–Crippen LogP) is 4.99. The molecule has 8 nitrogen and oxygen atoms in total. The van der Waals surface area contributed by atoms with Gasteiger partial charge in [0, 0.05) is 17.5 Å². The summed E-state index contributed by atoms with van der Waals surface area (Å²) < 4.78 is 6.66. The van der Waals surface area contributed by atoms with E-state index in [-0.39, 0.29) is 22.1 Å². The number of nitrogens with two attached hydrogens (primary N) is 1. The number of fused-ring (bicyclic) bond motifs is 1. The van der Waals surface area contributed by atoms with Crippen molar-refractivity contribution >= 4 is 62.4 Å². The Bertz CT molecular complexity index is 1490. The van der Waals surface area contributed by atoms with Crippen LogP contribution in [0.5, 0.6) is 0 Å². The minimum atomic E-state index is -0.222. The lowest BCUT2D eigenvalue weighted by molar-refractivity contribution is 0.318. The molecule has 0 unspecified atom stereocenters. The number of amidine groups is 1. The van der Waals surface area contributed by atoms with Crippen molar-refractivity contribution in [2.75, 3.05) is 5.32 Å². The second kappa shape index (κ2) is 9.20. The van der Waals surface area contributed by atoms with Crippen molar-refractivity contribution in [1.82, 2.24) is 9.97 Å². The van der Waals surface area contributed by atoms with Gasteiger partial charge >= 0.3 is 0 Å². The number of aryl methyl sites for hydroxylation is 1. The Morgan fingerprint density at radius 3 is 2.79 bits per heavy atom. The molecule has 0 aliphatic heterocycles. The number of nitrogens with one attached hydrogen (secondary N) is 1. The smallest absolute Gasteiger partial charge is 0.206 e. The van der Waals surface area contributed by atoms with Crippen molar-refractivity contribution < 1.29 is 9.62 Å². The molecule has 0 aliphatic rings. The summed E-state index contributed by atoms with van der Waals surface area (Å²) in [7, 11) is 0. The molecular weight excluding hydrogens is 557 g/mol. The molecule has 0 atom stereocenters. The maximum Gasteiger partial charge on any atom is 0.206 e. The van der Waals surface area contributed by atoms with Gasteiger partial charge in [-0.15, -0.1) is 0 Å². The van der Waals surface area contributed by atoms with Gasteiger partial charge in [0.15, 0.2) is 11.6 Å². The van der Waals surface area contributed by atoms with E-state index in [0.29, 0.717) is 42.9 Å². The predicted molar refractivity (Wildman–Crippen MR) is 138 cm³/mol. The summed E-state index contributed by atoms with van der Waals surface area (Å²) in [6.45, 7) is 6.00. The van der Waals surface area contributed by atoms with E-state index in [2.05, 4.69) is 27.0 Å². The molecule has 0 amide bonds. The molecule has 166 valence electrons. The van der Waals surface area contributed by atoms with Crippen molar-refractivity contribution in [3.63, 3.8) is 0 Å². The molecule has 10 heteroatoms. The number of benzene rings is 1. The Balaban J connectivity index is 1.89. The molecule has 3 aromatic heterocycles. The van der Waals surface area contributed by atoms with E-state index in [1.165, 1.54) is 0 Å². The molecule has 0 radical (unpaired) electrons. The second-order valence-corrected chi connectivity index (χ2v) is 8.56. The molecule has 0 spiro atoms. The van der Waals surface area contributed by atoms with Crippen LogP contribution >= 0.6 is 34.2 Å². The van der Waals surface area contributed by atoms with E-state index in [9.17, 15) is 4.79 Å². The van der Waals surface area contributed by atoms with Crippen LogP contribution in [0.15, 0.2) is 69.6 Å². The van der Waals surface area contributed by atoms with Gasteiger partial charge in [-0.3, -0.25) is 9.78 Å². The van der Waals surface area contributed by atoms with Gasteiger partial charge in [0.25, 0.3) is 0 Å². The highest BCUT2D eigenvalue weighted by atomic mass is 127. The number of hydrogen-bond acceptors (Lipinski definition) is 7. The van der Waals surface area contributed by atoms with Gasteiger partial charge in [0.2, 0.25) is 5.43 Å². The first-order valence-corrected chi connectivity index (χ1v) is 11.0. The van der Waals surface area contributed by atoms with Crippen molar-refractivity contribution in [2.24, 2.45) is 10.9 Å². The number of pyridine rings is 2. The molecule has 0 aliphatic carbocycles. The lowest BCUT2D eigenvalue weighted by Gasteiger charge is -2.16. The first kappa shape index (κ1) is 22.7. The lowest BCUT2D eigenvalue weighted by atomic mass is 10.0. The molecule has 0 saturated carbocycles. The molecule has 33 heavy (non-hydrogen) atoms. The number of aromatic nitrogens is 2. The molecular formula is C23H17ClIN5O3. The average molecular weight is 574 g/mol. The zero-order valence-electron chi connectivity index (χ0n) is 17.3. The molecule has 1 aromatic carbocycles. The third kappa shape index (κ3) is 4.41. The van der Waals surface area contributed by atoms with Gasteiger partial charge in [-0.1, -0.05) is 29.4 Å². The van der Waals surface area contributed by atoms with Crippen LogP contribution in [0.25, 0.3) is 28.1 Å². The van der Waals surface area contributed by atoms with Crippen LogP contribution in [0.3, 0.4) is 0 Å². The first-order valence-electron chi connectivity index (χ1n) is 9.59. The first-order chi connectivity index (χ1) is 15.8. The standard InChI is InChI=1S/C23H17ClIN5O3/c1-11-9-13(12(2)28-15-6-7-17(24)29-19(15)23(26)30-32)21-14(10-11)20(31)18(25)22(33-21)16-5-3-4-8-27-16/h3-10,28,32H,2H2,1H3,(H2,26,30). The largest absolute Gasteiger partial charge is 0.452 e. The topological polar surface area (TPSA) is 127 Å². The van der Waals surface area contributed by atoms with Crippen LogP contribution in [0, 0.1) is 10.5 Å². The molecule has 4 rings (SSSR count). The van der Waals surface area contributed by atoms with Crippen LogP contribution in [-0.4, -0.2) is 21.0 Å². The number of rotatable bonds is 5. The Morgan fingerprint density at radius 1 is 1.30 bits per heavy atom. The van der Waals surface area contributed by atoms with Gasteiger partial charge in [-0.25, -0.2) is 4.98 Å². The Hall–Kier alpha value is -3.44. The van der Waals surface area contributed by atoms with Crippen molar-refractivity contribution in [1.29, 1.82) is 0 Å². The Kier molecular flexibility index (Phi) is 6.34. The number of halogens is 2. The lowest BCUT2D eigenvalue weighted by Crippen LogP contribution is -2.18. The quantitative estimate of drug-likeness (QED) is 0.0766. The fourth-order valence-electron chi connectivity index (χ4n) is 3.31. The maximum atomic E-state index is 13.2. The monoisotopic (exact) mass is 573 g/mol. The normalized spacial score (nSPS) is 11.5. The van der Waals surface area contributed by atoms with Gasteiger partial charge in [0.05, 0.1) is 11.1 Å². The van der Waals surface area contributed by atoms with E-state index in [4.69, 9.17) is 27.0 Å². The van der Waals surface area contributed by atoms with Crippen LogP contribution < -0.4 is 16.5 Å². The summed E-state index contributed by atoms with van der Waals surface area (Å²) in [6.07, 6.45) is 1.63. The molecule has 3 heterocycles. The minimum absolute atomic E-state index is 0.147. The summed E-state index contributed by atoms with van der Waals surface area (Å²) in [5, 5.41) is 15.8. The third-order valence-electron chi connectivity index (χ3n) is 4.80. The van der Waals surface area contributed by atoms with Crippen LogP contribution in [-0.2, 0) is 0 Å². The molecule has 0 saturated heterocycles. The number of nitrogens with zero attached hydrogens (tertiary/aromatic N) is 3. The molecule has 4 aromatic rings. The number of hydrogen-bond donors (Lipinski definition) is 3. The molecule has 0 fully saturated rings. The zero-order chi connectivity index (χ0) is 23.7. The van der Waals surface area contributed by atoms with Crippen LogP contribution in [0.4, 0.5) is 5.69 Å². The van der Waals surface area contributed by atoms with Gasteiger partial charge < -0.3 is 20.7 Å². The highest BCUT2D eigenvalue weighted by Crippen LogP contribution is 2.32. The minimum Gasteiger partial charge on any atom is -0.452 e. The van der Waals surface area contributed by atoms with Crippen LogP contribution in [0.1, 0.15) is 16.8 Å². The number of anilines is 1. The van der Waals surface area contributed by atoms with Gasteiger partial charge in [-0.2, -0.15) is 0 Å². The van der Waals surface area contributed by atoms with Gasteiger partial charge in [-0.05, 0) is 71.5 Å². The SMILES string of the molecule is C=C(Nc1ccc(Cl)nc1/C(N)=N/O)c1cc(C)cc2c(=O)c(I)c(-c3ccccn3)oc12. The van der Waals surface area contributed by atoms with E-state index in [1.807, 2.05) is 41.6 Å². The van der Waals surface area contributed by atoms with Crippen LogP contribution in [0.2, 0.25) is 5.15 Å². The van der Waals surface area contributed by atoms with E-state index in [1.54, 1.807) is 36.5 Å². The zero-order valence-corrected chi connectivity index (χ0v) is 20.2. The van der Waals surface area contributed by atoms with E-state index >= 15 is 0 Å². The van der Waals surface area contributed by atoms with E-state index < -0.39 is 0 Å². The summed E-state index contributed by atoms with van der Waals surface area (Å²) in [5.74, 6) is 0.150. The fraction of sp³-hybridized carbons (Fsp3) is 0.0435. The Morgan fingerprint density at radius 2 is 2.09 bits per heavy atom. The second-order valence-electron chi connectivity index (χ2n) is 7.10. The van der Waals surface area contributed by atoms with Crippen molar-refractivity contribution in [3.8, 4) is 11.5 Å². The average Bonchev–Trinajstić information content (AvgIpc) is 2.82. The summed E-state index contributed by atoms with van der Waals surface area (Å²) in [5.41, 5.74) is 8.87. The fourth-order valence-corrected chi connectivity index (χ4v) is 4.14. The third-order valence-corrected chi connectivity index (χ3v) is 5.99.